The SMILES string of the molecule is CC1(C)C(/C=C/C2=C3Oc4c(cc(NS(=O)(=O)O)cc4S(=O)(=O)ON)OC4=C3C(CC2)CC/C4=C\C=C2\N(CCCCS(=O)(=O)O)c3ccc(NS(=O)(=O)O)cc3C2(C)C)=[N+](CCCCS(=O)(=O)ON)c2ccc(S(=O)(=O)ON)cc21. The van der Waals surface area contributed by atoms with Crippen molar-refractivity contribution in [3.63, 3.8) is 0 Å². The van der Waals surface area contributed by atoms with Crippen molar-refractivity contribution < 1.29 is 91.1 Å². The van der Waals surface area contributed by atoms with E-state index in [1.807, 2.05) is 41.9 Å². The predicted octanol–water partition coefficient (Wildman–Crippen LogP) is 4.67. The fraction of sp³-hybridized carbons (Fsp3) is 0.396. The first-order valence-corrected chi connectivity index (χ1v) is 33.6. The zero-order valence-electron chi connectivity index (χ0n) is 43.8. The van der Waals surface area contributed by atoms with E-state index in [9.17, 15) is 64.2 Å². The average molecular weight is 1250 g/mol. The molecule has 81 heavy (non-hydrogen) atoms. The van der Waals surface area contributed by atoms with Gasteiger partial charge >= 0.3 is 40.8 Å². The molecule has 0 aromatic heterocycles. The highest BCUT2D eigenvalue weighted by Gasteiger charge is 2.47. The highest BCUT2D eigenvalue weighted by atomic mass is 32.2. The average Bonchev–Trinajstić information content (AvgIpc) is 3.79. The van der Waals surface area contributed by atoms with Crippen LogP contribution in [-0.2, 0) is 84.8 Å². The fourth-order valence-electron chi connectivity index (χ4n) is 10.9. The van der Waals surface area contributed by atoms with Gasteiger partial charge in [0.25, 0.3) is 20.2 Å². The fourth-order valence-corrected chi connectivity index (χ4v) is 14.3. The molecule has 3 aromatic carbocycles. The number of ether oxygens (including phenoxy) is 2. The number of anilines is 3. The number of rotatable bonds is 22. The van der Waals surface area contributed by atoms with E-state index in [1.165, 1.54) is 18.2 Å². The van der Waals surface area contributed by atoms with Crippen molar-refractivity contribution in [3.8, 4) is 11.5 Å². The Morgan fingerprint density at radius 1 is 0.691 bits per heavy atom. The monoisotopic (exact) mass is 1250 g/mol. The van der Waals surface area contributed by atoms with Gasteiger partial charge < -0.3 is 14.4 Å². The predicted molar refractivity (Wildman–Crippen MR) is 294 cm³/mol. The van der Waals surface area contributed by atoms with Crippen LogP contribution in [0, 0.1) is 5.92 Å². The van der Waals surface area contributed by atoms with Gasteiger partial charge in [0.2, 0.25) is 5.69 Å². The quantitative estimate of drug-likeness (QED) is 0.0293. The van der Waals surface area contributed by atoms with Gasteiger partial charge in [0, 0.05) is 59.1 Å². The third-order valence-electron chi connectivity index (χ3n) is 14.6. The molecule has 3 aliphatic heterocycles. The maximum atomic E-state index is 13.7. The number of allylic oxidation sites excluding steroid dienone is 8. The van der Waals surface area contributed by atoms with Crippen LogP contribution in [-0.4, -0.2) is 99.0 Å². The summed E-state index contributed by atoms with van der Waals surface area (Å²) < 4.78 is 210. The van der Waals surface area contributed by atoms with Crippen LogP contribution in [0.25, 0.3) is 0 Å². The molecule has 442 valence electrons. The Hall–Kier alpha value is -5.63. The molecular weight excluding hydrogens is 1190 g/mol. The summed E-state index contributed by atoms with van der Waals surface area (Å²) in [7, 11) is -27.4. The third kappa shape index (κ3) is 13.3. The molecule has 8 rings (SSSR count). The lowest BCUT2D eigenvalue weighted by molar-refractivity contribution is -0.438. The Labute approximate surface area is 469 Å². The first-order chi connectivity index (χ1) is 37.6. The third-order valence-corrected chi connectivity index (χ3v) is 19.6. The van der Waals surface area contributed by atoms with E-state index in [0.29, 0.717) is 76.3 Å². The molecule has 0 bridgehead atoms. The van der Waals surface area contributed by atoms with E-state index in [0.717, 1.165) is 12.1 Å². The molecule has 2 aliphatic carbocycles. The van der Waals surface area contributed by atoms with Crippen molar-refractivity contribution in [1.29, 1.82) is 0 Å². The van der Waals surface area contributed by atoms with Crippen LogP contribution >= 0.6 is 0 Å². The number of nitrogens with zero attached hydrogens (tertiary/aromatic N) is 2. The van der Waals surface area contributed by atoms with Crippen LogP contribution in [0.3, 0.4) is 0 Å². The van der Waals surface area contributed by atoms with Crippen LogP contribution < -0.4 is 41.5 Å². The highest BCUT2D eigenvalue weighted by Crippen LogP contribution is 2.54. The van der Waals surface area contributed by atoms with Crippen LogP contribution in [0.2, 0.25) is 0 Å². The Morgan fingerprint density at radius 2 is 1.36 bits per heavy atom. The molecule has 11 N–H and O–H groups in total. The molecule has 33 heteroatoms. The van der Waals surface area contributed by atoms with Crippen molar-refractivity contribution in [3.05, 3.63) is 118 Å². The zero-order valence-corrected chi connectivity index (χ0v) is 48.7. The molecule has 1 unspecified atom stereocenters. The van der Waals surface area contributed by atoms with E-state index in [1.54, 1.807) is 42.5 Å². The molecule has 0 saturated carbocycles. The van der Waals surface area contributed by atoms with Crippen molar-refractivity contribution in [2.24, 2.45) is 23.6 Å². The minimum absolute atomic E-state index is 0.0534. The second kappa shape index (κ2) is 22.5. The first kappa shape index (κ1) is 61.4. The summed E-state index contributed by atoms with van der Waals surface area (Å²) in [6.07, 6.45) is 9.48. The van der Waals surface area contributed by atoms with Gasteiger partial charge in [0.1, 0.15) is 23.0 Å². The van der Waals surface area contributed by atoms with Crippen LogP contribution in [0.5, 0.6) is 11.5 Å². The van der Waals surface area contributed by atoms with Crippen molar-refractivity contribution >= 4 is 89.5 Å². The summed E-state index contributed by atoms with van der Waals surface area (Å²) in [6, 6.07) is 10.8. The lowest BCUT2D eigenvalue weighted by atomic mass is 9.74. The molecule has 0 fully saturated rings. The van der Waals surface area contributed by atoms with Crippen molar-refractivity contribution in [2.75, 3.05) is 38.9 Å². The zero-order chi connectivity index (χ0) is 59.5. The summed E-state index contributed by atoms with van der Waals surface area (Å²) in [5, 5.41) is 0. The molecule has 3 aromatic rings. The first-order valence-electron chi connectivity index (χ1n) is 24.8. The standard InChI is InChI=1S/C48H59N7O20S6/c1-47(2)35-25-32(52-80(65,66)67)15-17-37(35)54(21-5-7-23-76(56,57)58)41(47)19-13-30-11-9-29-10-12-31(45-43(29)44(30)71-39-26-33(53-81(68,69)70)27-40(46(39)72-45)79(63,64)75-51)14-20-42-48(3,4)36-28-34(78(61,62)74-50)16-18-38(36)55(42)22-6-8-24-77(59,60)73-49/h13-20,25-29,52-53H,5-12,21-24,49-51H2,1-4H3,(H2-,56,57,58,65,66,67,68,69,70)/p+1. The van der Waals surface area contributed by atoms with E-state index >= 15 is 0 Å². The number of hydrogen-bond acceptors (Lipinski definition) is 21. The number of hydrogen-bond donors (Lipinski definition) is 8. The normalized spacial score (nSPS) is 20.0. The molecule has 0 saturated heterocycles. The Bertz CT molecular complexity index is 4000. The summed E-state index contributed by atoms with van der Waals surface area (Å²) in [5.41, 5.74) is 2.75. The van der Waals surface area contributed by atoms with E-state index < -0.39 is 99.7 Å². The van der Waals surface area contributed by atoms with Gasteiger partial charge in [-0.05, 0) is 130 Å². The summed E-state index contributed by atoms with van der Waals surface area (Å²) in [4.78, 5) is 0.868. The molecule has 0 radical (unpaired) electrons. The molecule has 5 aliphatic rings. The van der Waals surface area contributed by atoms with E-state index in [2.05, 4.69) is 17.6 Å². The smallest absolute Gasteiger partial charge is 0.357 e. The second-order valence-electron chi connectivity index (χ2n) is 20.6. The lowest BCUT2D eigenvalue weighted by Gasteiger charge is -2.33. The number of unbranched alkanes of at least 4 members (excludes halogenated alkanes) is 2. The van der Waals surface area contributed by atoms with Crippen LogP contribution in [0.1, 0.15) is 90.2 Å². The molecule has 27 nitrogen and oxygen atoms in total. The molecule has 0 amide bonds. The van der Waals surface area contributed by atoms with Crippen molar-refractivity contribution in [1.82, 2.24) is 0 Å². The van der Waals surface area contributed by atoms with Crippen molar-refractivity contribution in [2.45, 2.75) is 99.7 Å². The summed E-state index contributed by atoms with van der Waals surface area (Å²) >= 11 is 0. The van der Waals surface area contributed by atoms with Crippen LogP contribution in [0.4, 0.5) is 22.7 Å². The number of nitrogens with one attached hydrogen (secondary N) is 2. The maximum absolute atomic E-state index is 13.7. The van der Waals surface area contributed by atoms with Gasteiger partial charge in [-0.1, -0.05) is 19.9 Å². The lowest BCUT2D eigenvalue weighted by Crippen LogP contribution is -2.28. The Balaban J connectivity index is 1.33. The van der Waals surface area contributed by atoms with Gasteiger partial charge in [0.05, 0.1) is 33.2 Å². The minimum atomic E-state index is -5.04. The second-order valence-corrected chi connectivity index (χ2v) is 29.3. The van der Waals surface area contributed by atoms with Gasteiger partial charge in [-0.15, -0.1) is 0 Å². The van der Waals surface area contributed by atoms with E-state index in [4.69, 9.17) is 27.2 Å². The number of nitrogens with two attached hydrogens (primary N) is 3. The largest absolute Gasteiger partial charge is 0.453 e. The Morgan fingerprint density at radius 3 is 2.01 bits per heavy atom. The number of fused-ring (bicyclic) bond motifs is 3. The Kier molecular flexibility index (Phi) is 17.1. The topological polar surface area (TPSA) is 420 Å². The summed E-state index contributed by atoms with van der Waals surface area (Å²) in [6.45, 7) is 7.85. The van der Waals surface area contributed by atoms with Gasteiger partial charge in [-0.3, -0.25) is 23.1 Å². The number of benzene rings is 3. The molecular formula is C48H60N7O20S6+. The van der Waals surface area contributed by atoms with Gasteiger partial charge in [0.15, 0.2) is 17.2 Å². The summed E-state index contributed by atoms with van der Waals surface area (Å²) in [5.74, 6) is 13.7. The van der Waals surface area contributed by atoms with Gasteiger partial charge in [-0.25, -0.2) is 0 Å². The molecule has 0 spiro atoms. The maximum Gasteiger partial charge on any atom is 0.357 e. The molecule has 1 atom stereocenters. The van der Waals surface area contributed by atoms with E-state index in [-0.39, 0.29) is 72.5 Å². The van der Waals surface area contributed by atoms with Gasteiger partial charge in [-0.2, -0.15) is 85.6 Å². The molecule has 3 heterocycles. The minimum Gasteiger partial charge on any atom is -0.453 e. The highest BCUT2D eigenvalue weighted by molar-refractivity contribution is 7.88. The van der Waals surface area contributed by atoms with Crippen LogP contribution in [0.15, 0.2) is 117 Å².